The molecule has 0 radical (unpaired) electrons. The van der Waals surface area contributed by atoms with E-state index in [0.717, 1.165) is 25.9 Å². The van der Waals surface area contributed by atoms with Gasteiger partial charge in [-0.05, 0) is 32.4 Å². The fourth-order valence-corrected chi connectivity index (χ4v) is 2.61. The second-order valence-corrected chi connectivity index (χ2v) is 5.23. The van der Waals surface area contributed by atoms with E-state index in [1.807, 2.05) is 18.7 Å². The minimum Gasteiger partial charge on any atom is -0.348 e. The molecule has 0 spiro atoms. The van der Waals surface area contributed by atoms with Gasteiger partial charge in [0, 0.05) is 31.0 Å². The molecule has 2 rings (SSSR count). The van der Waals surface area contributed by atoms with Gasteiger partial charge >= 0.3 is 6.03 Å². The van der Waals surface area contributed by atoms with E-state index in [9.17, 15) is 4.79 Å². The van der Waals surface area contributed by atoms with Crippen LogP contribution >= 0.6 is 0 Å². The zero-order valence-corrected chi connectivity index (χ0v) is 11.5. The quantitative estimate of drug-likeness (QED) is 0.878. The van der Waals surface area contributed by atoms with Crippen LogP contribution in [0.15, 0.2) is 18.3 Å². The van der Waals surface area contributed by atoms with Crippen molar-refractivity contribution < 1.29 is 4.79 Å². The maximum absolute atomic E-state index is 12.2. The Morgan fingerprint density at radius 1 is 1.50 bits per heavy atom. The smallest absolute Gasteiger partial charge is 0.318 e. The molecule has 0 aliphatic carbocycles. The molecular formula is C14H23N3O. The molecule has 1 aliphatic heterocycles. The Morgan fingerprint density at radius 3 is 2.94 bits per heavy atom. The number of rotatable bonds is 3. The molecule has 2 amide bonds. The monoisotopic (exact) mass is 249 g/mol. The zero-order chi connectivity index (χ0) is 13.1. The van der Waals surface area contributed by atoms with Crippen LogP contribution in [0.3, 0.4) is 0 Å². The molecule has 2 heterocycles. The molecule has 18 heavy (non-hydrogen) atoms. The Labute approximate surface area is 109 Å². The number of aromatic nitrogens is 1. The molecule has 1 atom stereocenters. The van der Waals surface area contributed by atoms with Crippen LogP contribution in [0.25, 0.3) is 0 Å². The summed E-state index contributed by atoms with van der Waals surface area (Å²) < 4.78 is 2.26. The normalized spacial score (nSPS) is 18.9. The van der Waals surface area contributed by atoms with Crippen molar-refractivity contribution in [1.82, 2.24) is 14.8 Å². The average Bonchev–Trinajstić information content (AvgIpc) is 2.77. The molecule has 1 N–H and O–H groups in total. The van der Waals surface area contributed by atoms with Gasteiger partial charge in [0.25, 0.3) is 0 Å². The summed E-state index contributed by atoms with van der Waals surface area (Å²) in [6, 6.07) is 4.68. The van der Waals surface area contributed by atoms with E-state index in [0.29, 0.717) is 0 Å². The molecule has 0 aromatic carbocycles. The molecule has 0 fully saturated rings. The van der Waals surface area contributed by atoms with Gasteiger partial charge in [-0.15, -0.1) is 0 Å². The highest BCUT2D eigenvalue weighted by atomic mass is 16.2. The van der Waals surface area contributed by atoms with Crippen molar-refractivity contribution in [3.8, 4) is 0 Å². The van der Waals surface area contributed by atoms with Crippen LogP contribution in [0.4, 0.5) is 4.79 Å². The fraction of sp³-hybridized carbons (Fsp3) is 0.643. The van der Waals surface area contributed by atoms with Crippen molar-refractivity contribution in [3.05, 3.63) is 24.0 Å². The number of carbonyl (C=O) groups is 1. The molecule has 100 valence electrons. The minimum absolute atomic E-state index is 0.0656. The van der Waals surface area contributed by atoms with E-state index in [-0.39, 0.29) is 18.1 Å². The second kappa shape index (κ2) is 5.46. The molecular weight excluding hydrogens is 226 g/mol. The molecule has 1 aromatic heterocycles. The minimum atomic E-state index is 0.0656. The van der Waals surface area contributed by atoms with Gasteiger partial charge in [-0.3, -0.25) is 0 Å². The van der Waals surface area contributed by atoms with E-state index >= 15 is 0 Å². The van der Waals surface area contributed by atoms with Crippen molar-refractivity contribution in [2.45, 2.75) is 52.2 Å². The third kappa shape index (κ3) is 2.52. The lowest BCUT2D eigenvalue weighted by Gasteiger charge is -2.37. The van der Waals surface area contributed by atoms with Crippen LogP contribution in [0.5, 0.6) is 0 Å². The molecule has 1 aliphatic rings. The van der Waals surface area contributed by atoms with Gasteiger partial charge in [0.1, 0.15) is 0 Å². The van der Waals surface area contributed by atoms with Crippen molar-refractivity contribution in [3.63, 3.8) is 0 Å². The first-order chi connectivity index (χ1) is 8.63. The van der Waals surface area contributed by atoms with Gasteiger partial charge in [-0.1, -0.05) is 13.3 Å². The van der Waals surface area contributed by atoms with Gasteiger partial charge < -0.3 is 14.8 Å². The summed E-state index contributed by atoms with van der Waals surface area (Å²) in [6.45, 7) is 7.86. The van der Waals surface area contributed by atoms with E-state index < -0.39 is 0 Å². The van der Waals surface area contributed by atoms with Crippen LogP contribution in [-0.4, -0.2) is 28.1 Å². The van der Waals surface area contributed by atoms with Crippen LogP contribution in [0, 0.1) is 0 Å². The Bertz CT molecular complexity index is 411. The van der Waals surface area contributed by atoms with E-state index in [4.69, 9.17) is 0 Å². The Morgan fingerprint density at radius 2 is 2.28 bits per heavy atom. The largest absolute Gasteiger partial charge is 0.348 e. The second-order valence-electron chi connectivity index (χ2n) is 5.23. The summed E-state index contributed by atoms with van der Waals surface area (Å²) in [5.41, 5.74) is 1.27. The van der Waals surface area contributed by atoms with Crippen LogP contribution in [0.1, 0.15) is 45.3 Å². The highest BCUT2D eigenvalue weighted by Gasteiger charge is 2.30. The standard InChI is InChI=1S/C14H23N3O/c1-4-6-13-12-7-5-8-16(12)9-10-17(13)14(18)15-11(2)3/h5,7-8,11,13H,4,6,9-10H2,1-3H3,(H,15,18). The van der Waals surface area contributed by atoms with Gasteiger partial charge in [-0.2, -0.15) is 0 Å². The summed E-state index contributed by atoms with van der Waals surface area (Å²) in [6.07, 6.45) is 4.21. The lowest BCUT2D eigenvalue weighted by Crippen LogP contribution is -2.48. The number of nitrogens with zero attached hydrogens (tertiary/aromatic N) is 2. The lowest BCUT2D eigenvalue weighted by atomic mass is 10.0. The van der Waals surface area contributed by atoms with Crippen molar-refractivity contribution >= 4 is 6.03 Å². The van der Waals surface area contributed by atoms with Gasteiger partial charge in [-0.25, -0.2) is 4.79 Å². The number of fused-ring (bicyclic) bond motifs is 1. The highest BCUT2D eigenvalue weighted by Crippen LogP contribution is 2.29. The number of hydrogen-bond acceptors (Lipinski definition) is 1. The summed E-state index contributed by atoms with van der Waals surface area (Å²) in [5, 5.41) is 3.00. The SMILES string of the molecule is CCCC1c2cccn2CCN1C(=O)NC(C)C. The fourth-order valence-electron chi connectivity index (χ4n) is 2.61. The number of amides is 2. The molecule has 1 aromatic rings. The van der Waals surface area contributed by atoms with E-state index in [2.05, 4.69) is 35.1 Å². The maximum Gasteiger partial charge on any atom is 0.318 e. The Balaban J connectivity index is 2.18. The first-order valence-electron chi connectivity index (χ1n) is 6.85. The zero-order valence-electron chi connectivity index (χ0n) is 11.5. The van der Waals surface area contributed by atoms with Crippen LogP contribution < -0.4 is 5.32 Å². The van der Waals surface area contributed by atoms with Gasteiger partial charge in [0.2, 0.25) is 0 Å². The Hall–Kier alpha value is -1.45. The number of urea groups is 1. The molecule has 0 bridgehead atoms. The van der Waals surface area contributed by atoms with Crippen LogP contribution in [-0.2, 0) is 6.54 Å². The third-order valence-electron chi connectivity index (χ3n) is 3.40. The predicted octanol–water partition coefficient (Wildman–Crippen LogP) is 2.76. The molecule has 0 saturated carbocycles. The lowest BCUT2D eigenvalue weighted by molar-refractivity contribution is 0.149. The van der Waals surface area contributed by atoms with Gasteiger partial charge in [0.05, 0.1) is 6.04 Å². The Kier molecular flexibility index (Phi) is 3.94. The van der Waals surface area contributed by atoms with Gasteiger partial charge in [0.15, 0.2) is 0 Å². The molecule has 1 unspecified atom stereocenters. The van der Waals surface area contributed by atoms with Crippen molar-refractivity contribution in [2.24, 2.45) is 0 Å². The van der Waals surface area contributed by atoms with E-state index in [1.54, 1.807) is 0 Å². The first kappa shape index (κ1) is 13.0. The van der Waals surface area contributed by atoms with E-state index in [1.165, 1.54) is 5.69 Å². The predicted molar refractivity (Wildman–Crippen MR) is 72.5 cm³/mol. The first-order valence-corrected chi connectivity index (χ1v) is 6.85. The molecule has 0 saturated heterocycles. The number of hydrogen-bond donors (Lipinski definition) is 1. The van der Waals surface area contributed by atoms with Crippen molar-refractivity contribution in [1.29, 1.82) is 0 Å². The summed E-state index contributed by atoms with van der Waals surface area (Å²) in [5.74, 6) is 0. The summed E-state index contributed by atoms with van der Waals surface area (Å²) in [4.78, 5) is 14.2. The van der Waals surface area contributed by atoms with Crippen LogP contribution in [0.2, 0.25) is 0 Å². The van der Waals surface area contributed by atoms with Crippen molar-refractivity contribution in [2.75, 3.05) is 6.54 Å². The topological polar surface area (TPSA) is 37.3 Å². The molecule has 4 heteroatoms. The third-order valence-corrected chi connectivity index (χ3v) is 3.40. The summed E-state index contributed by atoms with van der Waals surface area (Å²) in [7, 11) is 0. The summed E-state index contributed by atoms with van der Waals surface area (Å²) >= 11 is 0. The molecule has 4 nitrogen and oxygen atoms in total. The average molecular weight is 249 g/mol. The maximum atomic E-state index is 12.2. The number of nitrogens with one attached hydrogen (secondary N) is 1. The number of carbonyl (C=O) groups excluding carboxylic acids is 1. The highest BCUT2D eigenvalue weighted by molar-refractivity contribution is 5.75.